The molecule has 6 heteroatoms. The number of halogens is 2. The number of phenols is 1. The number of rotatable bonds is 1. The Balaban J connectivity index is 0.00000104. The maximum atomic E-state index is 12.3. The van der Waals surface area contributed by atoms with Crippen molar-refractivity contribution in [2.45, 2.75) is 12.0 Å². The van der Waals surface area contributed by atoms with Gasteiger partial charge in [0, 0.05) is 31.1 Å². The molecule has 0 aromatic heterocycles. The molecule has 2 aliphatic heterocycles. The Morgan fingerprint density at radius 1 is 1.04 bits per heavy atom. The van der Waals surface area contributed by atoms with E-state index in [0.29, 0.717) is 6.54 Å². The Morgan fingerprint density at radius 2 is 1.79 bits per heavy atom. The number of nitrogens with zero attached hydrogens (tertiary/aromatic N) is 1. The molecule has 1 saturated heterocycles. The second-order valence-corrected chi connectivity index (χ2v) is 5.93. The number of benzene rings is 2. The van der Waals surface area contributed by atoms with Crippen LogP contribution in [0.5, 0.6) is 5.75 Å². The van der Waals surface area contributed by atoms with E-state index in [0.717, 1.165) is 24.2 Å². The lowest BCUT2D eigenvalue weighted by Crippen LogP contribution is -2.53. The third-order valence-electron chi connectivity index (χ3n) is 4.69. The van der Waals surface area contributed by atoms with E-state index >= 15 is 0 Å². The molecule has 2 N–H and O–H groups in total. The van der Waals surface area contributed by atoms with Crippen LogP contribution in [-0.4, -0.2) is 35.5 Å². The molecule has 0 unspecified atom stereocenters. The summed E-state index contributed by atoms with van der Waals surface area (Å²) in [6.45, 7) is 2.28. The predicted octanol–water partition coefficient (Wildman–Crippen LogP) is 2.85. The average Bonchev–Trinajstić information content (AvgIpc) is 2.55. The molecule has 0 spiro atoms. The van der Waals surface area contributed by atoms with Gasteiger partial charge in [-0.1, -0.05) is 42.5 Å². The van der Waals surface area contributed by atoms with Crippen LogP contribution in [0.2, 0.25) is 0 Å². The van der Waals surface area contributed by atoms with Crippen molar-refractivity contribution in [3.63, 3.8) is 0 Å². The molecule has 0 aliphatic carbocycles. The molecule has 2 aromatic carbocycles. The largest absolute Gasteiger partial charge is 0.508 e. The first-order valence-corrected chi connectivity index (χ1v) is 7.64. The highest BCUT2D eigenvalue weighted by atomic mass is 35.5. The second-order valence-electron chi connectivity index (χ2n) is 5.93. The zero-order chi connectivity index (χ0) is 15.1. The quantitative estimate of drug-likeness (QED) is 0.815. The Bertz CT molecular complexity index is 724. The van der Waals surface area contributed by atoms with Gasteiger partial charge in [-0.25, -0.2) is 0 Å². The molecule has 0 radical (unpaired) electrons. The number of phenolic OH excluding ortho intramolecular Hbond substituents is 1. The summed E-state index contributed by atoms with van der Waals surface area (Å²) in [5.74, 6) is 0.411. The molecule has 2 heterocycles. The smallest absolute Gasteiger partial charge is 0.242 e. The summed E-state index contributed by atoms with van der Waals surface area (Å²) in [5.41, 5.74) is 3.00. The van der Waals surface area contributed by atoms with Gasteiger partial charge in [0.2, 0.25) is 5.91 Å². The number of amides is 1. The molecular formula is C18H20Cl2N2O2. The van der Waals surface area contributed by atoms with Crippen LogP contribution in [0.1, 0.15) is 28.7 Å². The van der Waals surface area contributed by atoms with E-state index in [4.69, 9.17) is 0 Å². The highest BCUT2D eigenvalue weighted by Gasteiger charge is 2.40. The molecule has 2 aromatic rings. The lowest BCUT2D eigenvalue weighted by molar-refractivity contribution is -0.129. The molecule has 128 valence electrons. The lowest BCUT2D eigenvalue weighted by Gasteiger charge is -2.43. The molecule has 0 saturated carbocycles. The summed E-state index contributed by atoms with van der Waals surface area (Å²) in [4.78, 5) is 14.5. The van der Waals surface area contributed by atoms with Crippen LogP contribution < -0.4 is 5.32 Å². The topological polar surface area (TPSA) is 52.6 Å². The summed E-state index contributed by atoms with van der Waals surface area (Å²) in [6, 6.07) is 15.4. The fraction of sp³-hybridized carbons (Fsp3) is 0.278. The van der Waals surface area contributed by atoms with Gasteiger partial charge in [-0.15, -0.1) is 24.8 Å². The zero-order valence-electron chi connectivity index (χ0n) is 13.0. The van der Waals surface area contributed by atoms with Crippen LogP contribution in [0.25, 0.3) is 0 Å². The van der Waals surface area contributed by atoms with Crippen LogP contribution in [0, 0.1) is 0 Å². The van der Waals surface area contributed by atoms with E-state index in [1.165, 1.54) is 5.56 Å². The number of piperazine rings is 1. The van der Waals surface area contributed by atoms with Crippen LogP contribution in [0.15, 0.2) is 48.5 Å². The number of carbonyl (C=O) groups excluding carboxylic acids is 1. The SMILES string of the molecule is Cl.Cl.O=C1NCCN2C[C@H](c3ccccc3)c3c(O)cccc3[C@@H]12. The minimum absolute atomic E-state index is 0. The Labute approximate surface area is 153 Å². The van der Waals surface area contributed by atoms with E-state index in [-0.39, 0.29) is 48.4 Å². The van der Waals surface area contributed by atoms with Gasteiger partial charge in [-0.2, -0.15) is 0 Å². The van der Waals surface area contributed by atoms with Gasteiger partial charge in [0.05, 0.1) is 0 Å². The van der Waals surface area contributed by atoms with Crippen molar-refractivity contribution in [2.24, 2.45) is 0 Å². The highest BCUT2D eigenvalue weighted by Crippen LogP contribution is 2.43. The first-order chi connectivity index (χ1) is 10.8. The van der Waals surface area contributed by atoms with Crippen LogP contribution in [0.4, 0.5) is 0 Å². The second kappa shape index (κ2) is 7.43. The van der Waals surface area contributed by atoms with Gasteiger partial charge in [-0.05, 0) is 17.2 Å². The van der Waals surface area contributed by atoms with E-state index < -0.39 is 0 Å². The maximum Gasteiger partial charge on any atom is 0.242 e. The van der Waals surface area contributed by atoms with Crippen molar-refractivity contribution >= 4 is 30.7 Å². The number of hydrogen-bond donors (Lipinski definition) is 2. The number of hydrogen-bond acceptors (Lipinski definition) is 3. The van der Waals surface area contributed by atoms with Crippen molar-refractivity contribution in [1.82, 2.24) is 10.2 Å². The summed E-state index contributed by atoms with van der Waals surface area (Å²) in [6.07, 6.45) is 0. The lowest BCUT2D eigenvalue weighted by atomic mass is 9.80. The summed E-state index contributed by atoms with van der Waals surface area (Å²) in [7, 11) is 0. The number of carbonyl (C=O) groups is 1. The molecule has 0 bridgehead atoms. The third kappa shape index (κ3) is 2.97. The monoisotopic (exact) mass is 366 g/mol. The predicted molar refractivity (Wildman–Crippen MR) is 98.2 cm³/mol. The van der Waals surface area contributed by atoms with E-state index in [9.17, 15) is 9.90 Å². The van der Waals surface area contributed by atoms with Gasteiger partial charge in [-0.3, -0.25) is 9.69 Å². The number of nitrogens with one attached hydrogen (secondary N) is 1. The summed E-state index contributed by atoms with van der Waals surface area (Å²) < 4.78 is 0. The minimum atomic E-state index is -0.282. The summed E-state index contributed by atoms with van der Waals surface area (Å²) >= 11 is 0. The van der Waals surface area contributed by atoms with Crippen molar-refractivity contribution in [3.05, 3.63) is 65.2 Å². The molecule has 2 aliphatic rings. The van der Waals surface area contributed by atoms with Gasteiger partial charge in [0.15, 0.2) is 0 Å². The van der Waals surface area contributed by atoms with E-state index in [2.05, 4.69) is 22.3 Å². The molecule has 1 amide bonds. The van der Waals surface area contributed by atoms with Crippen LogP contribution >= 0.6 is 24.8 Å². The third-order valence-corrected chi connectivity index (χ3v) is 4.69. The Morgan fingerprint density at radius 3 is 2.54 bits per heavy atom. The van der Waals surface area contributed by atoms with E-state index in [1.54, 1.807) is 6.07 Å². The van der Waals surface area contributed by atoms with Crippen molar-refractivity contribution < 1.29 is 9.90 Å². The van der Waals surface area contributed by atoms with Gasteiger partial charge >= 0.3 is 0 Å². The summed E-state index contributed by atoms with van der Waals surface area (Å²) in [5, 5.41) is 13.3. The molecule has 1 fully saturated rings. The van der Waals surface area contributed by atoms with Gasteiger partial charge in [0.25, 0.3) is 0 Å². The molecule has 4 rings (SSSR count). The normalized spacial score (nSPS) is 22.2. The number of aromatic hydroxyl groups is 1. The van der Waals surface area contributed by atoms with E-state index in [1.807, 2.05) is 30.3 Å². The molecule has 2 atom stereocenters. The number of fused-ring (bicyclic) bond motifs is 3. The minimum Gasteiger partial charge on any atom is -0.508 e. The van der Waals surface area contributed by atoms with Gasteiger partial charge in [0.1, 0.15) is 11.8 Å². The zero-order valence-corrected chi connectivity index (χ0v) is 14.6. The fourth-order valence-electron chi connectivity index (χ4n) is 3.72. The maximum absolute atomic E-state index is 12.3. The highest BCUT2D eigenvalue weighted by molar-refractivity contribution is 5.86. The van der Waals surface area contributed by atoms with Crippen molar-refractivity contribution in [1.29, 1.82) is 0 Å². The fourth-order valence-corrected chi connectivity index (χ4v) is 3.72. The van der Waals surface area contributed by atoms with Crippen molar-refractivity contribution in [2.75, 3.05) is 19.6 Å². The average molecular weight is 367 g/mol. The molecule has 24 heavy (non-hydrogen) atoms. The van der Waals surface area contributed by atoms with Gasteiger partial charge < -0.3 is 10.4 Å². The Kier molecular flexibility index (Phi) is 5.75. The Hall–Kier alpha value is -1.75. The first kappa shape index (κ1) is 18.6. The van der Waals surface area contributed by atoms with Crippen LogP contribution in [0.3, 0.4) is 0 Å². The standard InChI is InChI=1S/C18H18N2O2.2ClH/c21-15-8-4-7-13-16(15)14(12-5-2-1-3-6-12)11-20-10-9-19-18(22)17(13)20;;/h1-8,14,17,21H,9-11H2,(H,19,22);2*1H/t14-,17+;;/m1../s1. The first-order valence-electron chi connectivity index (χ1n) is 7.64. The molecule has 4 nitrogen and oxygen atoms in total. The van der Waals surface area contributed by atoms with Crippen molar-refractivity contribution in [3.8, 4) is 5.75 Å². The molecular weight excluding hydrogens is 347 g/mol. The van der Waals surface area contributed by atoms with Crippen LogP contribution in [-0.2, 0) is 4.79 Å².